The summed E-state index contributed by atoms with van der Waals surface area (Å²) in [7, 11) is 0. The fraction of sp³-hybridized carbons (Fsp3) is 0.276. The predicted octanol–water partition coefficient (Wildman–Crippen LogP) is 6.61. The van der Waals surface area contributed by atoms with E-state index in [4.69, 9.17) is 19.7 Å². The van der Waals surface area contributed by atoms with Crippen LogP contribution in [-0.2, 0) is 30.9 Å². The number of fused-ring (bicyclic) bond motifs is 5. The van der Waals surface area contributed by atoms with Crippen LogP contribution in [0.5, 0.6) is 0 Å². The Kier molecular flexibility index (Phi) is 5.50. The minimum Gasteiger partial charge on any atom is -0.370 e. The zero-order valence-corrected chi connectivity index (χ0v) is 21.1. The highest BCUT2D eigenvalue weighted by atomic mass is 32.1. The van der Waals surface area contributed by atoms with E-state index in [1.165, 1.54) is 27.6 Å². The fourth-order valence-corrected chi connectivity index (χ4v) is 6.22. The summed E-state index contributed by atoms with van der Waals surface area (Å²) < 4.78 is 7.22. The van der Waals surface area contributed by atoms with Crippen LogP contribution in [0.15, 0.2) is 67.0 Å². The van der Waals surface area contributed by atoms with E-state index < -0.39 is 0 Å². The molecule has 4 heterocycles. The highest BCUT2D eigenvalue weighted by Gasteiger charge is 2.31. The van der Waals surface area contributed by atoms with Gasteiger partial charge in [-0.15, -0.1) is 11.3 Å². The number of hydrogen-bond acceptors (Lipinski definition) is 6. The van der Waals surface area contributed by atoms with E-state index in [9.17, 15) is 0 Å². The molecule has 1 aliphatic heterocycles. The molecule has 0 radical (unpaired) electrons. The molecule has 176 valence electrons. The summed E-state index contributed by atoms with van der Waals surface area (Å²) in [5.41, 5.74) is 6.89. The maximum atomic E-state index is 6.13. The second-order valence-corrected chi connectivity index (χ2v) is 10.9. The first-order chi connectivity index (χ1) is 17.0. The Balaban J connectivity index is 1.53. The minimum absolute atomic E-state index is 0.204. The Morgan fingerprint density at radius 1 is 0.914 bits per heavy atom. The third-order valence-corrected chi connectivity index (χ3v) is 7.82. The number of benzene rings is 2. The van der Waals surface area contributed by atoms with Gasteiger partial charge in [0.25, 0.3) is 0 Å². The molecule has 0 spiro atoms. The van der Waals surface area contributed by atoms with Crippen LogP contribution in [0.3, 0.4) is 0 Å². The van der Waals surface area contributed by atoms with Gasteiger partial charge in [0.05, 0.1) is 22.4 Å². The maximum Gasteiger partial charge on any atom is 0.150 e. The maximum absolute atomic E-state index is 6.13. The molecule has 0 atom stereocenters. The van der Waals surface area contributed by atoms with Crippen molar-refractivity contribution in [2.45, 2.75) is 52.5 Å². The molecule has 2 aromatic carbocycles. The summed E-state index contributed by atoms with van der Waals surface area (Å²) in [6, 6.07) is 21.2. The van der Waals surface area contributed by atoms with Crippen LogP contribution in [0.2, 0.25) is 0 Å². The van der Waals surface area contributed by atoms with Crippen LogP contribution >= 0.6 is 11.3 Å². The molecule has 5 aromatic rings. The Hall–Kier alpha value is -3.35. The van der Waals surface area contributed by atoms with Crippen LogP contribution in [-0.4, -0.2) is 20.6 Å². The molecule has 6 rings (SSSR count). The summed E-state index contributed by atoms with van der Waals surface area (Å²) >= 11 is 1.71. The second kappa shape index (κ2) is 8.70. The van der Waals surface area contributed by atoms with E-state index in [1.807, 2.05) is 0 Å². The molecule has 1 aliphatic rings. The van der Waals surface area contributed by atoms with Crippen molar-refractivity contribution in [3.8, 4) is 0 Å². The van der Waals surface area contributed by atoms with Gasteiger partial charge in [0.1, 0.15) is 11.2 Å². The topological polar surface area (TPSA) is 51.1 Å². The van der Waals surface area contributed by atoms with Gasteiger partial charge in [0.2, 0.25) is 0 Å². The minimum atomic E-state index is -0.204. The Labute approximate surface area is 209 Å². The molecule has 6 heteroatoms. The molecule has 0 fully saturated rings. The van der Waals surface area contributed by atoms with Gasteiger partial charge in [-0.2, -0.15) is 0 Å². The third kappa shape index (κ3) is 4.17. The number of hydrogen-bond donors (Lipinski definition) is 0. The molecule has 35 heavy (non-hydrogen) atoms. The molecule has 0 N–H and O–H groups in total. The van der Waals surface area contributed by atoms with Crippen LogP contribution in [0.1, 0.15) is 41.8 Å². The fourth-order valence-electron chi connectivity index (χ4n) is 4.99. The van der Waals surface area contributed by atoms with E-state index in [2.05, 4.69) is 86.3 Å². The Bertz CT molecular complexity index is 1470. The molecule has 0 unspecified atom stereocenters. The van der Waals surface area contributed by atoms with Gasteiger partial charge in [0.15, 0.2) is 5.82 Å². The summed E-state index contributed by atoms with van der Waals surface area (Å²) in [6.45, 7) is 8.54. The van der Waals surface area contributed by atoms with Crippen molar-refractivity contribution in [1.82, 2.24) is 15.0 Å². The number of rotatable bonds is 5. The lowest BCUT2D eigenvalue weighted by atomic mass is 9.89. The van der Waals surface area contributed by atoms with Crippen molar-refractivity contribution in [3.63, 3.8) is 0 Å². The number of aromatic nitrogens is 3. The van der Waals surface area contributed by atoms with Crippen molar-refractivity contribution < 1.29 is 4.74 Å². The van der Waals surface area contributed by atoms with Crippen molar-refractivity contribution in [1.29, 1.82) is 0 Å². The van der Waals surface area contributed by atoms with Gasteiger partial charge in [0, 0.05) is 36.2 Å². The van der Waals surface area contributed by atoms with Crippen LogP contribution < -0.4 is 4.90 Å². The number of thiophene rings is 1. The first-order valence-electron chi connectivity index (χ1n) is 12.0. The standard InChI is InChI=1S/C29H28N4OS/c1-19-23-17-34-29(2,3)14-22(23)24-25-26(35-28(24)32-19)27(31-18-30-25)33(15-20-10-6-4-7-11-20)16-21-12-8-5-9-13-21/h4-13,18H,14-17H2,1-3H3. The van der Waals surface area contributed by atoms with Gasteiger partial charge < -0.3 is 9.64 Å². The quantitative estimate of drug-likeness (QED) is 0.283. The monoisotopic (exact) mass is 480 g/mol. The third-order valence-electron chi connectivity index (χ3n) is 6.75. The Morgan fingerprint density at radius 2 is 1.57 bits per heavy atom. The lowest BCUT2D eigenvalue weighted by molar-refractivity contribution is -0.0400. The molecule has 0 bridgehead atoms. The number of aryl methyl sites for hydroxylation is 1. The molecule has 0 saturated heterocycles. The van der Waals surface area contributed by atoms with E-state index in [0.717, 1.165) is 46.1 Å². The predicted molar refractivity (Wildman–Crippen MR) is 143 cm³/mol. The van der Waals surface area contributed by atoms with Gasteiger partial charge in [-0.3, -0.25) is 0 Å². The first kappa shape index (κ1) is 22.1. The van der Waals surface area contributed by atoms with E-state index in [1.54, 1.807) is 17.7 Å². The largest absolute Gasteiger partial charge is 0.370 e. The normalized spacial score (nSPS) is 14.8. The van der Waals surface area contributed by atoms with Crippen LogP contribution in [0.25, 0.3) is 20.4 Å². The first-order valence-corrected chi connectivity index (χ1v) is 12.8. The van der Waals surface area contributed by atoms with Crippen molar-refractivity contribution >= 4 is 37.6 Å². The van der Waals surface area contributed by atoms with Crippen LogP contribution in [0.4, 0.5) is 5.82 Å². The van der Waals surface area contributed by atoms with Gasteiger partial charge >= 0.3 is 0 Å². The van der Waals surface area contributed by atoms with Gasteiger partial charge in [-0.25, -0.2) is 15.0 Å². The lowest BCUT2D eigenvalue weighted by Gasteiger charge is -2.32. The molecular formula is C29H28N4OS. The van der Waals surface area contributed by atoms with E-state index >= 15 is 0 Å². The molecule has 0 amide bonds. The zero-order chi connectivity index (χ0) is 24.0. The van der Waals surface area contributed by atoms with Gasteiger partial charge in [-0.05, 0) is 37.5 Å². The molecule has 0 aliphatic carbocycles. The van der Waals surface area contributed by atoms with Crippen molar-refractivity contribution in [2.24, 2.45) is 0 Å². The molecule has 0 saturated carbocycles. The lowest BCUT2D eigenvalue weighted by Crippen LogP contribution is -2.32. The molecular weight excluding hydrogens is 452 g/mol. The van der Waals surface area contributed by atoms with Crippen LogP contribution in [0, 0.1) is 6.92 Å². The number of anilines is 1. The highest BCUT2D eigenvalue weighted by Crippen LogP contribution is 2.43. The molecule has 3 aromatic heterocycles. The average molecular weight is 481 g/mol. The van der Waals surface area contributed by atoms with Gasteiger partial charge in [-0.1, -0.05) is 60.7 Å². The number of nitrogens with zero attached hydrogens (tertiary/aromatic N) is 4. The molecule has 5 nitrogen and oxygen atoms in total. The summed E-state index contributed by atoms with van der Waals surface area (Å²) in [5, 5.41) is 1.17. The second-order valence-electron chi connectivity index (χ2n) is 9.86. The Morgan fingerprint density at radius 3 is 2.23 bits per heavy atom. The van der Waals surface area contributed by atoms with Crippen molar-refractivity contribution in [2.75, 3.05) is 4.90 Å². The average Bonchev–Trinajstić information content (AvgIpc) is 3.23. The summed E-state index contributed by atoms with van der Waals surface area (Å²) in [6.07, 6.45) is 2.56. The number of pyridine rings is 1. The zero-order valence-electron chi connectivity index (χ0n) is 20.3. The smallest absolute Gasteiger partial charge is 0.150 e. The van der Waals surface area contributed by atoms with E-state index in [-0.39, 0.29) is 5.60 Å². The van der Waals surface area contributed by atoms with Crippen molar-refractivity contribution in [3.05, 3.63) is 94.9 Å². The number of ether oxygens (including phenoxy) is 1. The summed E-state index contributed by atoms with van der Waals surface area (Å²) in [5.74, 6) is 0.962. The SMILES string of the molecule is Cc1nc2sc3c(N(Cc4ccccc4)Cc4ccccc4)ncnc3c2c2c1COC(C)(C)C2. The van der Waals surface area contributed by atoms with E-state index in [0.29, 0.717) is 6.61 Å². The highest BCUT2D eigenvalue weighted by molar-refractivity contribution is 7.26. The summed E-state index contributed by atoms with van der Waals surface area (Å²) in [4.78, 5) is 18.0.